The Morgan fingerprint density at radius 2 is 1.32 bits per heavy atom. The van der Waals surface area contributed by atoms with E-state index < -0.39 is 0 Å². The molecule has 4 nitrogen and oxygen atoms in total. The van der Waals surface area contributed by atoms with Gasteiger partial charge in [0.1, 0.15) is 0 Å². The summed E-state index contributed by atoms with van der Waals surface area (Å²) in [4.78, 5) is 22.8. The predicted octanol–water partition coefficient (Wildman–Crippen LogP) is 14.1. The van der Waals surface area contributed by atoms with E-state index in [0.29, 0.717) is 16.9 Å². The minimum Gasteiger partial charge on any atom is -0.343 e. The molecule has 5 aromatic carbocycles. The summed E-state index contributed by atoms with van der Waals surface area (Å²) in [5, 5.41) is 0.666. The maximum atomic E-state index is 13.9. The molecular formula is C55H57N3O. The summed E-state index contributed by atoms with van der Waals surface area (Å²) in [6.45, 7) is 20.3. The van der Waals surface area contributed by atoms with Gasteiger partial charge in [-0.25, -0.2) is 9.98 Å². The number of allylic oxidation sites excluding steroid dienone is 8. The summed E-state index contributed by atoms with van der Waals surface area (Å²) in [6, 6.07) is 46.5. The zero-order valence-corrected chi connectivity index (χ0v) is 35.7. The number of amidine groups is 1. The van der Waals surface area contributed by atoms with E-state index in [4.69, 9.17) is 4.99 Å². The molecular weight excluding hydrogens is 719 g/mol. The molecule has 0 bridgehead atoms. The number of fused-ring (bicyclic) bond motifs is 1. The van der Waals surface area contributed by atoms with E-state index >= 15 is 0 Å². The lowest BCUT2D eigenvalue weighted by Gasteiger charge is -2.18. The van der Waals surface area contributed by atoms with Crippen molar-refractivity contribution in [1.82, 2.24) is 4.57 Å². The molecule has 0 aliphatic carbocycles. The van der Waals surface area contributed by atoms with Gasteiger partial charge in [0.15, 0.2) is 11.3 Å². The highest BCUT2D eigenvalue weighted by molar-refractivity contribution is 6.02. The fourth-order valence-corrected chi connectivity index (χ4v) is 6.39. The topological polar surface area (TPSA) is 46.7 Å². The van der Waals surface area contributed by atoms with Crippen molar-refractivity contribution in [2.75, 3.05) is 0 Å². The number of nitrogens with zero attached hydrogens (tertiary/aromatic N) is 3. The van der Waals surface area contributed by atoms with Crippen molar-refractivity contribution in [3.63, 3.8) is 0 Å². The quantitative estimate of drug-likeness (QED) is 0.0734. The Morgan fingerprint density at radius 1 is 0.712 bits per heavy atom. The number of aliphatic imine (C=N–C) groups is 2. The monoisotopic (exact) mass is 775 g/mol. The molecule has 0 amide bonds. The SMILES string of the molecule is C=NC(=NC(=C)C(/C=C(/c1ccc(/C(C)=C/C=C\C=C/C)cc1)c1cc(=O)c2cc(-c3ccccc3)ccc2n1C)=C/C)c1ccccc1.CC.CCc1ccccc1. The van der Waals surface area contributed by atoms with Gasteiger partial charge in [0.05, 0.1) is 16.9 Å². The summed E-state index contributed by atoms with van der Waals surface area (Å²) < 4.78 is 2.09. The molecule has 298 valence electrons. The Morgan fingerprint density at radius 3 is 1.90 bits per heavy atom. The van der Waals surface area contributed by atoms with E-state index in [0.717, 1.165) is 62.2 Å². The first-order valence-corrected chi connectivity index (χ1v) is 20.3. The van der Waals surface area contributed by atoms with E-state index in [9.17, 15) is 4.79 Å². The van der Waals surface area contributed by atoms with Crippen LogP contribution in [0.4, 0.5) is 0 Å². The minimum atomic E-state index is -0.0452. The van der Waals surface area contributed by atoms with Gasteiger partial charge in [-0.2, -0.15) is 0 Å². The van der Waals surface area contributed by atoms with Crippen LogP contribution in [-0.2, 0) is 13.5 Å². The number of pyridine rings is 1. The first-order valence-electron chi connectivity index (χ1n) is 20.3. The van der Waals surface area contributed by atoms with Gasteiger partial charge in [-0.15, -0.1) is 0 Å². The lowest BCUT2D eigenvalue weighted by atomic mass is 9.95. The predicted molar refractivity (Wildman–Crippen MR) is 258 cm³/mol. The first-order chi connectivity index (χ1) is 28.8. The molecule has 0 atom stereocenters. The number of hydrogen-bond donors (Lipinski definition) is 0. The van der Waals surface area contributed by atoms with Crippen LogP contribution in [0.25, 0.3) is 33.2 Å². The maximum Gasteiger partial charge on any atom is 0.190 e. The van der Waals surface area contributed by atoms with Crippen LogP contribution in [0, 0.1) is 0 Å². The summed E-state index contributed by atoms with van der Waals surface area (Å²) in [5.74, 6) is 0.488. The van der Waals surface area contributed by atoms with E-state index in [2.05, 4.69) is 110 Å². The van der Waals surface area contributed by atoms with Crippen molar-refractivity contribution >= 4 is 34.6 Å². The van der Waals surface area contributed by atoms with Gasteiger partial charge in [0, 0.05) is 29.6 Å². The molecule has 6 aromatic rings. The van der Waals surface area contributed by atoms with Gasteiger partial charge in [0.25, 0.3) is 0 Å². The molecule has 1 heterocycles. The van der Waals surface area contributed by atoms with Crippen molar-refractivity contribution in [2.24, 2.45) is 17.0 Å². The molecule has 0 radical (unpaired) electrons. The summed E-state index contributed by atoms with van der Waals surface area (Å²) in [6.07, 6.45) is 15.3. The highest BCUT2D eigenvalue weighted by Crippen LogP contribution is 2.31. The Labute approximate surface area is 352 Å². The maximum absolute atomic E-state index is 13.9. The standard InChI is InChI=1S/C45H41N3O.C8H10.C2H6/c1-7-9-10-13-18-32(3)35-23-25-37(26-24-35)40(29-34(8-2)33(4)47-45(46-5)38-21-16-12-17-22-38)43-31-44(49)41-30-39(27-28-42(41)48(43)6)36-19-14-11-15-20-36;1-2-8-6-4-3-5-7-8;1-2/h7-31H,4-5H2,1-3,6H3;3-7H,2H2,1H3;1-2H3/b9-7-,13-10-,32-18+,34-8+,40-29-,47-45?;;. The van der Waals surface area contributed by atoms with E-state index in [-0.39, 0.29) is 5.43 Å². The van der Waals surface area contributed by atoms with Crippen molar-refractivity contribution in [2.45, 2.75) is 48.0 Å². The molecule has 59 heavy (non-hydrogen) atoms. The van der Waals surface area contributed by atoms with Crippen molar-refractivity contribution in [1.29, 1.82) is 0 Å². The van der Waals surface area contributed by atoms with E-state index in [1.807, 2.05) is 138 Å². The van der Waals surface area contributed by atoms with Crippen molar-refractivity contribution < 1.29 is 0 Å². The van der Waals surface area contributed by atoms with Gasteiger partial charge in [-0.1, -0.05) is 185 Å². The average molecular weight is 776 g/mol. The van der Waals surface area contributed by atoms with Crippen LogP contribution in [0.1, 0.15) is 69.5 Å². The lowest BCUT2D eigenvalue weighted by Crippen LogP contribution is -2.12. The molecule has 0 saturated heterocycles. The molecule has 0 aliphatic heterocycles. The van der Waals surface area contributed by atoms with Gasteiger partial charge in [0.2, 0.25) is 0 Å². The second-order valence-electron chi connectivity index (χ2n) is 13.4. The van der Waals surface area contributed by atoms with Gasteiger partial charge < -0.3 is 4.57 Å². The fourth-order valence-electron chi connectivity index (χ4n) is 6.39. The largest absolute Gasteiger partial charge is 0.343 e. The third-order valence-corrected chi connectivity index (χ3v) is 9.67. The Kier molecular flexibility index (Phi) is 17.7. The molecule has 0 spiro atoms. The Bertz CT molecular complexity index is 2550. The molecule has 0 aliphatic rings. The van der Waals surface area contributed by atoms with Gasteiger partial charge >= 0.3 is 0 Å². The second-order valence-corrected chi connectivity index (χ2v) is 13.4. The minimum absolute atomic E-state index is 0.0452. The van der Waals surface area contributed by atoms with Crippen LogP contribution in [0.15, 0.2) is 215 Å². The smallest absolute Gasteiger partial charge is 0.190 e. The Hall–Kier alpha value is -6.91. The highest BCUT2D eigenvalue weighted by Gasteiger charge is 2.16. The van der Waals surface area contributed by atoms with Crippen LogP contribution in [0.3, 0.4) is 0 Å². The highest BCUT2D eigenvalue weighted by atomic mass is 16.1. The third kappa shape index (κ3) is 12.3. The number of rotatable bonds is 11. The number of aryl methyl sites for hydroxylation is 2. The van der Waals surface area contributed by atoms with Crippen LogP contribution in [-0.4, -0.2) is 17.1 Å². The first kappa shape index (κ1) is 44.8. The average Bonchev–Trinajstić information content (AvgIpc) is 3.30. The zero-order chi connectivity index (χ0) is 42.6. The summed E-state index contributed by atoms with van der Waals surface area (Å²) in [5.41, 5.74) is 11.3. The molecule has 0 unspecified atom stereocenters. The molecule has 0 saturated carbocycles. The van der Waals surface area contributed by atoms with Crippen LogP contribution in [0.5, 0.6) is 0 Å². The number of benzene rings is 5. The molecule has 4 heteroatoms. The molecule has 0 N–H and O–H groups in total. The van der Waals surface area contributed by atoms with E-state index in [1.54, 1.807) is 6.07 Å². The number of hydrogen-bond acceptors (Lipinski definition) is 2. The van der Waals surface area contributed by atoms with Crippen LogP contribution >= 0.6 is 0 Å². The van der Waals surface area contributed by atoms with E-state index in [1.165, 1.54) is 5.56 Å². The normalized spacial score (nSPS) is 12.2. The number of aromatic nitrogens is 1. The zero-order valence-electron chi connectivity index (χ0n) is 35.7. The van der Waals surface area contributed by atoms with Crippen molar-refractivity contribution in [3.8, 4) is 11.1 Å². The van der Waals surface area contributed by atoms with Crippen molar-refractivity contribution in [3.05, 3.63) is 238 Å². The second kappa shape index (κ2) is 23.4. The third-order valence-electron chi connectivity index (χ3n) is 9.67. The fraction of sp³-hybridized carbons (Fsp3) is 0.145. The summed E-state index contributed by atoms with van der Waals surface area (Å²) in [7, 11) is 2.00. The molecule has 1 aromatic heterocycles. The molecule has 6 rings (SSSR count). The van der Waals surface area contributed by atoms with Gasteiger partial charge in [-0.3, -0.25) is 4.79 Å². The molecule has 0 fully saturated rings. The lowest BCUT2D eigenvalue weighted by molar-refractivity contribution is 0.929. The van der Waals surface area contributed by atoms with Gasteiger partial charge in [-0.05, 0) is 91.1 Å². The van der Waals surface area contributed by atoms with Crippen LogP contribution in [0.2, 0.25) is 0 Å². The van der Waals surface area contributed by atoms with Crippen LogP contribution < -0.4 is 5.43 Å². The Balaban J connectivity index is 0.000000679. The summed E-state index contributed by atoms with van der Waals surface area (Å²) >= 11 is 0.